The van der Waals surface area contributed by atoms with E-state index in [0.717, 1.165) is 32.4 Å². The summed E-state index contributed by atoms with van der Waals surface area (Å²) in [6.07, 6.45) is 3.32. The Morgan fingerprint density at radius 1 is 1.63 bits per heavy atom. The normalized spacial score (nSPS) is 18.5. The Bertz CT molecular complexity index is 375. The van der Waals surface area contributed by atoms with E-state index in [1.165, 1.54) is 4.88 Å². The van der Waals surface area contributed by atoms with Gasteiger partial charge in [-0.25, -0.2) is 4.79 Å². The first-order valence-electron chi connectivity index (χ1n) is 6.96. The molecular formula is C14H22N2O2S. The monoisotopic (exact) mass is 282 g/mol. The summed E-state index contributed by atoms with van der Waals surface area (Å²) in [5.74, 6) is 0. The van der Waals surface area contributed by atoms with Crippen LogP contribution in [0.15, 0.2) is 17.5 Å². The van der Waals surface area contributed by atoms with Crippen molar-refractivity contribution >= 4 is 17.4 Å². The SMILES string of the molecule is CCCNC(=O)N(Cc1cccs1)CC1CCCO1. The third-order valence-electron chi connectivity index (χ3n) is 3.19. The largest absolute Gasteiger partial charge is 0.376 e. The highest BCUT2D eigenvalue weighted by molar-refractivity contribution is 7.09. The molecule has 0 radical (unpaired) electrons. The maximum Gasteiger partial charge on any atom is 0.317 e. The molecule has 4 nitrogen and oxygen atoms in total. The lowest BCUT2D eigenvalue weighted by atomic mass is 10.2. The van der Waals surface area contributed by atoms with Crippen LogP contribution in [0.1, 0.15) is 31.1 Å². The van der Waals surface area contributed by atoms with E-state index in [9.17, 15) is 4.79 Å². The second kappa shape index (κ2) is 7.50. The molecule has 0 aromatic carbocycles. The Kier molecular flexibility index (Phi) is 5.66. The molecule has 1 atom stereocenters. The van der Waals surface area contributed by atoms with Crippen LogP contribution >= 0.6 is 11.3 Å². The van der Waals surface area contributed by atoms with Gasteiger partial charge in [0.15, 0.2) is 0 Å². The first-order chi connectivity index (χ1) is 9.29. The average molecular weight is 282 g/mol. The molecule has 0 aliphatic carbocycles. The first-order valence-corrected chi connectivity index (χ1v) is 7.84. The third kappa shape index (κ3) is 4.51. The molecule has 2 amide bonds. The number of nitrogens with zero attached hydrogens (tertiary/aromatic N) is 1. The van der Waals surface area contributed by atoms with Crippen LogP contribution in [0.2, 0.25) is 0 Å². The van der Waals surface area contributed by atoms with Crippen LogP contribution < -0.4 is 5.32 Å². The summed E-state index contributed by atoms with van der Waals surface area (Å²) in [6.45, 7) is 4.98. The molecule has 1 aromatic rings. The number of hydrogen-bond acceptors (Lipinski definition) is 3. The number of rotatable bonds is 6. The summed E-state index contributed by atoms with van der Waals surface area (Å²) in [5, 5.41) is 5.00. The summed E-state index contributed by atoms with van der Waals surface area (Å²) < 4.78 is 5.64. The molecule has 1 unspecified atom stereocenters. The van der Waals surface area contributed by atoms with Crippen molar-refractivity contribution < 1.29 is 9.53 Å². The fourth-order valence-corrected chi connectivity index (χ4v) is 2.91. The van der Waals surface area contributed by atoms with Crippen LogP contribution in [-0.2, 0) is 11.3 Å². The molecule has 0 bridgehead atoms. The Labute approximate surface area is 118 Å². The van der Waals surface area contributed by atoms with E-state index < -0.39 is 0 Å². The smallest absolute Gasteiger partial charge is 0.317 e. The molecule has 1 saturated heterocycles. The number of urea groups is 1. The lowest BCUT2D eigenvalue weighted by molar-refractivity contribution is 0.0797. The van der Waals surface area contributed by atoms with Crippen LogP contribution in [0.25, 0.3) is 0 Å². The van der Waals surface area contributed by atoms with Gasteiger partial charge in [0.2, 0.25) is 0 Å². The zero-order valence-corrected chi connectivity index (χ0v) is 12.2. The highest BCUT2D eigenvalue weighted by Crippen LogP contribution is 2.17. The van der Waals surface area contributed by atoms with E-state index >= 15 is 0 Å². The Morgan fingerprint density at radius 2 is 2.53 bits per heavy atom. The number of amides is 2. The van der Waals surface area contributed by atoms with Crippen LogP contribution in [0.4, 0.5) is 4.79 Å². The van der Waals surface area contributed by atoms with Crippen LogP contribution in [0, 0.1) is 0 Å². The molecule has 2 heterocycles. The van der Waals surface area contributed by atoms with Gasteiger partial charge in [0, 0.05) is 24.6 Å². The van der Waals surface area contributed by atoms with Crippen molar-refractivity contribution in [1.29, 1.82) is 0 Å². The summed E-state index contributed by atoms with van der Waals surface area (Å²) in [4.78, 5) is 15.3. The topological polar surface area (TPSA) is 41.6 Å². The predicted molar refractivity (Wildman–Crippen MR) is 77.4 cm³/mol. The van der Waals surface area contributed by atoms with Crippen molar-refractivity contribution in [2.24, 2.45) is 0 Å². The van der Waals surface area contributed by atoms with Gasteiger partial charge in [0.25, 0.3) is 0 Å². The molecule has 1 aromatic heterocycles. The minimum absolute atomic E-state index is 0.0192. The maximum absolute atomic E-state index is 12.2. The zero-order valence-electron chi connectivity index (χ0n) is 11.4. The van der Waals surface area contributed by atoms with Crippen molar-refractivity contribution in [3.8, 4) is 0 Å². The number of ether oxygens (including phenoxy) is 1. The van der Waals surface area contributed by atoms with Crippen molar-refractivity contribution in [3.05, 3.63) is 22.4 Å². The molecule has 19 heavy (non-hydrogen) atoms. The number of hydrogen-bond donors (Lipinski definition) is 1. The lowest BCUT2D eigenvalue weighted by Gasteiger charge is -2.25. The minimum Gasteiger partial charge on any atom is -0.376 e. The van der Waals surface area contributed by atoms with Gasteiger partial charge in [0.05, 0.1) is 12.6 Å². The van der Waals surface area contributed by atoms with Gasteiger partial charge in [-0.2, -0.15) is 0 Å². The first kappa shape index (κ1) is 14.3. The van der Waals surface area contributed by atoms with Gasteiger partial charge in [-0.1, -0.05) is 13.0 Å². The molecule has 1 fully saturated rings. The minimum atomic E-state index is 0.0192. The average Bonchev–Trinajstić information content (AvgIpc) is 3.08. The molecule has 0 saturated carbocycles. The Balaban J connectivity index is 1.92. The quantitative estimate of drug-likeness (QED) is 0.871. The second-order valence-electron chi connectivity index (χ2n) is 4.83. The highest BCUT2D eigenvalue weighted by Gasteiger charge is 2.22. The van der Waals surface area contributed by atoms with E-state index in [1.54, 1.807) is 11.3 Å². The summed E-state index contributed by atoms with van der Waals surface area (Å²) >= 11 is 1.69. The summed E-state index contributed by atoms with van der Waals surface area (Å²) in [5.41, 5.74) is 0. The number of thiophene rings is 1. The standard InChI is InChI=1S/C14H22N2O2S/c1-2-7-15-14(17)16(10-12-5-3-8-18-12)11-13-6-4-9-19-13/h4,6,9,12H,2-3,5,7-8,10-11H2,1H3,(H,15,17). The molecule has 0 spiro atoms. The van der Waals surface area contributed by atoms with Crippen molar-refractivity contribution in [1.82, 2.24) is 10.2 Å². The maximum atomic E-state index is 12.2. The molecule has 2 rings (SSSR count). The predicted octanol–water partition coefficient (Wildman–Crippen LogP) is 2.85. The molecular weight excluding hydrogens is 260 g/mol. The summed E-state index contributed by atoms with van der Waals surface area (Å²) in [6, 6.07) is 4.11. The van der Waals surface area contributed by atoms with Gasteiger partial charge >= 0.3 is 6.03 Å². The van der Waals surface area contributed by atoms with Crippen LogP contribution in [0.5, 0.6) is 0 Å². The second-order valence-corrected chi connectivity index (χ2v) is 5.86. The van der Waals surface area contributed by atoms with Gasteiger partial charge in [-0.15, -0.1) is 11.3 Å². The van der Waals surface area contributed by atoms with E-state index in [-0.39, 0.29) is 12.1 Å². The third-order valence-corrected chi connectivity index (χ3v) is 4.05. The molecule has 5 heteroatoms. The van der Waals surface area contributed by atoms with Gasteiger partial charge in [-0.3, -0.25) is 0 Å². The number of carbonyl (C=O) groups is 1. The number of carbonyl (C=O) groups excluding carboxylic acids is 1. The van der Waals surface area contributed by atoms with E-state index in [1.807, 2.05) is 16.3 Å². The van der Waals surface area contributed by atoms with Gasteiger partial charge in [0.1, 0.15) is 0 Å². The Morgan fingerprint density at radius 3 is 3.16 bits per heavy atom. The number of nitrogens with one attached hydrogen (secondary N) is 1. The zero-order chi connectivity index (χ0) is 13.5. The summed E-state index contributed by atoms with van der Waals surface area (Å²) in [7, 11) is 0. The molecule has 1 N–H and O–H groups in total. The molecule has 1 aliphatic heterocycles. The van der Waals surface area contributed by atoms with E-state index in [0.29, 0.717) is 13.1 Å². The van der Waals surface area contributed by atoms with Crippen molar-refractivity contribution in [2.45, 2.75) is 38.8 Å². The van der Waals surface area contributed by atoms with Crippen LogP contribution in [0.3, 0.4) is 0 Å². The van der Waals surface area contributed by atoms with Crippen molar-refractivity contribution in [2.75, 3.05) is 19.7 Å². The molecule has 1 aliphatic rings. The highest BCUT2D eigenvalue weighted by atomic mass is 32.1. The van der Waals surface area contributed by atoms with E-state index in [2.05, 4.69) is 18.3 Å². The lowest BCUT2D eigenvalue weighted by Crippen LogP contribution is -2.43. The van der Waals surface area contributed by atoms with Crippen molar-refractivity contribution in [3.63, 3.8) is 0 Å². The fraction of sp³-hybridized carbons (Fsp3) is 0.643. The fourth-order valence-electron chi connectivity index (χ4n) is 2.19. The molecule has 106 valence electrons. The van der Waals surface area contributed by atoms with Crippen LogP contribution in [-0.4, -0.2) is 36.7 Å². The van der Waals surface area contributed by atoms with Gasteiger partial charge < -0.3 is 15.0 Å². The Hall–Kier alpha value is -1.07. The van der Waals surface area contributed by atoms with E-state index in [4.69, 9.17) is 4.74 Å². The van der Waals surface area contributed by atoms with Gasteiger partial charge in [-0.05, 0) is 30.7 Å².